The molecule has 2 aromatic carbocycles. The van der Waals surface area contributed by atoms with Crippen molar-refractivity contribution in [3.63, 3.8) is 0 Å². The molecule has 3 heterocycles. The Balaban J connectivity index is 1.32. The first kappa shape index (κ1) is 20.2. The summed E-state index contributed by atoms with van der Waals surface area (Å²) >= 11 is 0. The number of sulfonamides is 1. The van der Waals surface area contributed by atoms with Gasteiger partial charge < -0.3 is 9.80 Å². The minimum atomic E-state index is -3.43. The van der Waals surface area contributed by atoms with Crippen molar-refractivity contribution >= 4 is 32.4 Å². The second-order valence-corrected chi connectivity index (χ2v) is 10.0. The van der Waals surface area contributed by atoms with Gasteiger partial charge in [0.05, 0.1) is 10.4 Å². The van der Waals surface area contributed by atoms with E-state index in [1.54, 1.807) is 22.5 Å². The second kappa shape index (κ2) is 8.09. The van der Waals surface area contributed by atoms with E-state index in [0.29, 0.717) is 18.0 Å². The van der Waals surface area contributed by atoms with Crippen molar-refractivity contribution in [3.8, 4) is 0 Å². The first-order chi connectivity index (χ1) is 15.0. The molecule has 2 aliphatic heterocycles. The fraction of sp³-hybridized carbons (Fsp3) is 0.348. The van der Waals surface area contributed by atoms with Crippen molar-refractivity contribution in [1.82, 2.24) is 9.29 Å². The number of fused-ring (bicyclic) bond motifs is 1. The fourth-order valence-corrected chi connectivity index (χ4v) is 5.91. The summed E-state index contributed by atoms with van der Waals surface area (Å²) in [7, 11) is -3.43. The summed E-state index contributed by atoms with van der Waals surface area (Å²) < 4.78 is 40.4. The normalized spacial score (nSPS) is 18.1. The van der Waals surface area contributed by atoms with Gasteiger partial charge in [-0.25, -0.2) is 17.8 Å². The molecule has 0 atom stereocenters. The van der Waals surface area contributed by atoms with E-state index in [4.69, 9.17) is 4.98 Å². The Hall–Kier alpha value is -2.71. The molecule has 1 aromatic heterocycles. The van der Waals surface area contributed by atoms with Gasteiger partial charge in [-0.05, 0) is 67.4 Å². The third kappa shape index (κ3) is 3.97. The third-order valence-corrected chi connectivity index (χ3v) is 8.04. The summed E-state index contributed by atoms with van der Waals surface area (Å²) in [4.78, 5) is 9.59. The molecule has 0 amide bonds. The average molecular weight is 441 g/mol. The highest BCUT2D eigenvalue weighted by Gasteiger charge is 2.27. The lowest BCUT2D eigenvalue weighted by Crippen LogP contribution is -2.46. The molecule has 8 heteroatoms. The summed E-state index contributed by atoms with van der Waals surface area (Å²) in [6.45, 7) is 4.49. The Morgan fingerprint density at radius 1 is 0.774 bits per heavy atom. The smallest absolute Gasteiger partial charge is 0.243 e. The second-order valence-electron chi connectivity index (χ2n) is 8.09. The van der Waals surface area contributed by atoms with Gasteiger partial charge in [-0.15, -0.1) is 0 Å². The Morgan fingerprint density at radius 3 is 2.16 bits per heavy atom. The van der Waals surface area contributed by atoms with Gasteiger partial charge in [-0.3, -0.25) is 0 Å². The molecule has 5 rings (SSSR count). The number of nitrogens with zero attached hydrogens (tertiary/aromatic N) is 4. The maximum atomic E-state index is 13.2. The predicted octanol–water partition coefficient (Wildman–Crippen LogP) is 3.49. The van der Waals surface area contributed by atoms with E-state index in [1.807, 2.05) is 24.3 Å². The van der Waals surface area contributed by atoms with Crippen LogP contribution in [0.15, 0.2) is 59.5 Å². The standard InChI is InChI=1S/C23H25FN4O2S/c24-19-4-6-20(7-5-19)26-13-15-27(16-14-26)23-10-3-18-17-21(8-9-22(18)25-23)31(29,30)28-11-1-2-12-28/h3-10,17H,1-2,11-16H2. The van der Waals surface area contributed by atoms with Crippen molar-refractivity contribution in [2.75, 3.05) is 49.1 Å². The molecule has 0 saturated carbocycles. The van der Waals surface area contributed by atoms with Crippen LogP contribution in [-0.4, -0.2) is 57.0 Å². The number of hydrogen-bond acceptors (Lipinski definition) is 5. The predicted molar refractivity (Wildman–Crippen MR) is 121 cm³/mol. The summed E-state index contributed by atoms with van der Waals surface area (Å²) in [5, 5.41) is 0.828. The number of piperazine rings is 1. The minimum Gasteiger partial charge on any atom is -0.368 e. The summed E-state index contributed by atoms with van der Waals surface area (Å²) in [6, 6.07) is 15.7. The lowest BCUT2D eigenvalue weighted by molar-refractivity contribution is 0.477. The topological polar surface area (TPSA) is 56.8 Å². The van der Waals surface area contributed by atoms with Crippen molar-refractivity contribution in [2.45, 2.75) is 17.7 Å². The van der Waals surface area contributed by atoms with E-state index in [9.17, 15) is 12.8 Å². The molecule has 3 aromatic rings. The zero-order valence-corrected chi connectivity index (χ0v) is 18.1. The molecule has 0 bridgehead atoms. The monoisotopic (exact) mass is 440 g/mol. The molecule has 162 valence electrons. The Labute approximate surface area is 182 Å². The van der Waals surface area contributed by atoms with Gasteiger partial charge in [0.1, 0.15) is 11.6 Å². The Kier molecular flexibility index (Phi) is 5.27. The maximum absolute atomic E-state index is 13.2. The van der Waals surface area contributed by atoms with E-state index in [-0.39, 0.29) is 5.82 Å². The van der Waals surface area contributed by atoms with Crippen LogP contribution in [-0.2, 0) is 10.0 Å². The number of anilines is 2. The molecule has 0 unspecified atom stereocenters. The van der Waals surface area contributed by atoms with Crippen LogP contribution in [0.1, 0.15) is 12.8 Å². The Bertz CT molecular complexity index is 1190. The van der Waals surface area contributed by atoms with E-state index >= 15 is 0 Å². The van der Waals surface area contributed by atoms with E-state index in [1.165, 1.54) is 12.1 Å². The quantitative estimate of drug-likeness (QED) is 0.622. The highest BCUT2D eigenvalue weighted by atomic mass is 32.2. The van der Waals surface area contributed by atoms with Crippen molar-refractivity contribution in [3.05, 3.63) is 60.4 Å². The van der Waals surface area contributed by atoms with Gasteiger partial charge in [-0.1, -0.05) is 0 Å². The number of halogens is 1. The van der Waals surface area contributed by atoms with Crippen LogP contribution in [0.25, 0.3) is 10.9 Å². The van der Waals surface area contributed by atoms with Gasteiger partial charge in [0.25, 0.3) is 0 Å². The number of rotatable bonds is 4. The van der Waals surface area contributed by atoms with Crippen LogP contribution in [0.4, 0.5) is 15.9 Å². The van der Waals surface area contributed by atoms with Crippen LogP contribution in [0.5, 0.6) is 0 Å². The number of hydrogen-bond donors (Lipinski definition) is 0. The molecule has 0 N–H and O–H groups in total. The maximum Gasteiger partial charge on any atom is 0.243 e. The molecule has 2 saturated heterocycles. The van der Waals surface area contributed by atoms with Crippen molar-refractivity contribution < 1.29 is 12.8 Å². The molecule has 0 aliphatic carbocycles. The van der Waals surface area contributed by atoms with Crippen molar-refractivity contribution in [2.24, 2.45) is 0 Å². The number of pyridine rings is 1. The molecule has 6 nitrogen and oxygen atoms in total. The third-order valence-electron chi connectivity index (χ3n) is 6.14. The van der Waals surface area contributed by atoms with E-state index < -0.39 is 10.0 Å². The first-order valence-electron chi connectivity index (χ1n) is 10.7. The van der Waals surface area contributed by atoms with E-state index in [0.717, 1.165) is 61.4 Å². The Morgan fingerprint density at radius 2 is 1.45 bits per heavy atom. The molecule has 2 aliphatic rings. The van der Waals surface area contributed by atoms with Gasteiger partial charge >= 0.3 is 0 Å². The fourth-order valence-electron chi connectivity index (χ4n) is 4.35. The van der Waals surface area contributed by atoms with Gasteiger partial charge in [0, 0.05) is 50.3 Å². The minimum absolute atomic E-state index is 0.223. The molecule has 31 heavy (non-hydrogen) atoms. The van der Waals surface area contributed by atoms with Crippen LogP contribution in [0, 0.1) is 5.82 Å². The molecular formula is C23H25FN4O2S. The van der Waals surface area contributed by atoms with Crippen LogP contribution in [0.3, 0.4) is 0 Å². The van der Waals surface area contributed by atoms with Gasteiger partial charge in [0.2, 0.25) is 10.0 Å². The highest BCUT2D eigenvalue weighted by molar-refractivity contribution is 7.89. The van der Waals surface area contributed by atoms with Crippen molar-refractivity contribution in [1.29, 1.82) is 0 Å². The number of benzene rings is 2. The highest BCUT2D eigenvalue weighted by Crippen LogP contribution is 2.26. The van der Waals surface area contributed by atoms with Gasteiger partial charge in [0.15, 0.2) is 0 Å². The average Bonchev–Trinajstić information content (AvgIpc) is 3.35. The van der Waals surface area contributed by atoms with Crippen LogP contribution >= 0.6 is 0 Å². The zero-order chi connectivity index (χ0) is 21.4. The molecule has 2 fully saturated rings. The SMILES string of the molecule is O=S(=O)(c1ccc2nc(N3CCN(c4ccc(F)cc4)CC3)ccc2c1)N1CCCC1. The van der Waals surface area contributed by atoms with Crippen LogP contribution in [0.2, 0.25) is 0 Å². The first-order valence-corrected chi connectivity index (χ1v) is 12.1. The van der Waals surface area contributed by atoms with E-state index in [2.05, 4.69) is 9.80 Å². The lowest BCUT2D eigenvalue weighted by atomic mass is 10.2. The van der Waals surface area contributed by atoms with Crippen LogP contribution < -0.4 is 9.80 Å². The molecule has 0 radical (unpaired) electrons. The summed E-state index contributed by atoms with van der Waals surface area (Å²) in [6.07, 6.45) is 1.85. The molecule has 0 spiro atoms. The molecular weight excluding hydrogens is 415 g/mol. The summed E-state index contributed by atoms with van der Waals surface area (Å²) in [5.41, 5.74) is 1.82. The van der Waals surface area contributed by atoms with Gasteiger partial charge in [-0.2, -0.15) is 4.31 Å². The lowest BCUT2D eigenvalue weighted by Gasteiger charge is -2.36. The number of aromatic nitrogens is 1. The largest absolute Gasteiger partial charge is 0.368 e. The zero-order valence-electron chi connectivity index (χ0n) is 17.2. The summed E-state index contributed by atoms with van der Waals surface area (Å²) in [5.74, 6) is 0.667.